The second-order valence-corrected chi connectivity index (χ2v) is 6.97. The van der Waals surface area contributed by atoms with Crippen molar-refractivity contribution in [1.82, 2.24) is 4.90 Å². The van der Waals surface area contributed by atoms with Crippen LogP contribution in [0.3, 0.4) is 0 Å². The maximum Gasteiger partial charge on any atom is 0.246 e. The first-order valence-electron chi connectivity index (χ1n) is 7.97. The van der Waals surface area contributed by atoms with Crippen LogP contribution in [0.4, 0.5) is 0 Å². The third-order valence-electron chi connectivity index (χ3n) is 4.36. The van der Waals surface area contributed by atoms with E-state index in [1.54, 1.807) is 17.4 Å². The summed E-state index contributed by atoms with van der Waals surface area (Å²) in [5.41, 5.74) is -0.190. The first kappa shape index (κ1) is 15.7. The van der Waals surface area contributed by atoms with Gasteiger partial charge in [0.15, 0.2) is 0 Å². The molecule has 4 nitrogen and oxygen atoms in total. The van der Waals surface area contributed by atoms with E-state index < -0.39 is 0 Å². The molecule has 2 fully saturated rings. The smallest absolute Gasteiger partial charge is 0.246 e. The monoisotopic (exact) mass is 321 g/mol. The first-order valence-corrected chi connectivity index (χ1v) is 8.85. The Morgan fingerprint density at radius 2 is 2.55 bits per heavy atom. The lowest BCUT2D eigenvalue weighted by molar-refractivity contribution is -0.133. The lowest BCUT2D eigenvalue weighted by Gasteiger charge is -2.39. The molecule has 0 radical (unpaired) electrons. The molecule has 0 aliphatic carbocycles. The Bertz CT molecular complexity index is 528. The molecule has 0 N–H and O–H groups in total. The highest BCUT2D eigenvalue weighted by molar-refractivity contribution is 7.10. The van der Waals surface area contributed by atoms with E-state index in [1.165, 1.54) is 0 Å². The van der Waals surface area contributed by atoms with Crippen LogP contribution in [0, 0.1) is 0 Å². The number of carbonyl (C=O) groups is 1. The maximum atomic E-state index is 12.4. The number of hydrogen-bond donors (Lipinski definition) is 0. The van der Waals surface area contributed by atoms with Crippen molar-refractivity contribution in [3.63, 3.8) is 0 Å². The molecule has 0 saturated carbocycles. The van der Waals surface area contributed by atoms with Gasteiger partial charge in [0.05, 0.1) is 24.9 Å². The van der Waals surface area contributed by atoms with Gasteiger partial charge in [-0.25, -0.2) is 0 Å². The zero-order chi connectivity index (χ0) is 15.4. The van der Waals surface area contributed by atoms with Gasteiger partial charge in [-0.15, -0.1) is 11.3 Å². The normalized spacial score (nSPS) is 28.8. The van der Waals surface area contributed by atoms with Gasteiger partial charge in [0.1, 0.15) is 0 Å². The molecule has 0 aromatic carbocycles. The Morgan fingerprint density at radius 1 is 1.64 bits per heavy atom. The van der Waals surface area contributed by atoms with E-state index in [-0.39, 0.29) is 17.6 Å². The van der Waals surface area contributed by atoms with Crippen LogP contribution in [0.15, 0.2) is 23.6 Å². The SMILES string of the molecule is CCO[C@H]1CO[C@@]2(CCCN(C(=O)/C=C/c3cccs3)C2)C1. The second-order valence-electron chi connectivity index (χ2n) is 5.99. The molecular formula is C17H23NO3S. The number of rotatable bonds is 4. The van der Waals surface area contributed by atoms with Crippen molar-refractivity contribution in [2.45, 2.75) is 37.9 Å². The van der Waals surface area contributed by atoms with Crippen molar-refractivity contribution in [2.24, 2.45) is 0 Å². The molecule has 0 bridgehead atoms. The highest BCUT2D eigenvalue weighted by Crippen LogP contribution is 2.35. The van der Waals surface area contributed by atoms with Crippen molar-refractivity contribution in [3.05, 3.63) is 28.5 Å². The van der Waals surface area contributed by atoms with Gasteiger partial charge in [-0.3, -0.25) is 4.79 Å². The Hall–Kier alpha value is -1.17. The third kappa shape index (κ3) is 3.59. The summed E-state index contributed by atoms with van der Waals surface area (Å²) in [5.74, 6) is 0.0796. The van der Waals surface area contributed by atoms with Crippen LogP contribution in [0.1, 0.15) is 31.1 Å². The number of thiophene rings is 1. The molecule has 120 valence electrons. The fourth-order valence-corrected chi connectivity index (χ4v) is 3.98. The predicted octanol–water partition coefficient (Wildman–Crippen LogP) is 2.95. The van der Waals surface area contributed by atoms with Crippen LogP contribution in [0.2, 0.25) is 0 Å². The zero-order valence-corrected chi connectivity index (χ0v) is 13.8. The van der Waals surface area contributed by atoms with E-state index in [4.69, 9.17) is 9.47 Å². The Morgan fingerprint density at radius 3 is 3.32 bits per heavy atom. The van der Waals surface area contributed by atoms with E-state index in [2.05, 4.69) is 0 Å². The average Bonchev–Trinajstić information content (AvgIpc) is 3.16. The summed E-state index contributed by atoms with van der Waals surface area (Å²) in [6.07, 6.45) is 6.68. The molecule has 1 aromatic rings. The number of piperidine rings is 1. The largest absolute Gasteiger partial charge is 0.376 e. The fraction of sp³-hybridized carbons (Fsp3) is 0.588. The number of amides is 1. The van der Waals surface area contributed by atoms with Gasteiger partial charge < -0.3 is 14.4 Å². The van der Waals surface area contributed by atoms with E-state index in [0.29, 0.717) is 13.2 Å². The van der Waals surface area contributed by atoms with Gasteiger partial charge in [-0.2, -0.15) is 0 Å². The standard InChI is InChI=1S/C17H23NO3S/c1-2-20-14-11-17(21-12-14)8-4-9-18(13-17)16(19)7-6-15-5-3-10-22-15/h3,5-7,10,14H,2,4,8-9,11-13H2,1H3/b7-6+/t14-,17+/m1/s1. The zero-order valence-electron chi connectivity index (χ0n) is 13.0. The minimum atomic E-state index is -0.190. The van der Waals surface area contributed by atoms with Crippen molar-refractivity contribution in [1.29, 1.82) is 0 Å². The summed E-state index contributed by atoms with van der Waals surface area (Å²) in [7, 11) is 0. The summed E-state index contributed by atoms with van der Waals surface area (Å²) in [6, 6.07) is 4.00. The van der Waals surface area contributed by atoms with Crippen molar-refractivity contribution in [2.75, 3.05) is 26.3 Å². The predicted molar refractivity (Wildman–Crippen MR) is 87.9 cm³/mol. The van der Waals surface area contributed by atoms with Crippen molar-refractivity contribution >= 4 is 23.3 Å². The van der Waals surface area contributed by atoms with Crippen molar-refractivity contribution < 1.29 is 14.3 Å². The summed E-state index contributed by atoms with van der Waals surface area (Å²) < 4.78 is 11.7. The number of hydrogen-bond acceptors (Lipinski definition) is 4. The average molecular weight is 321 g/mol. The molecular weight excluding hydrogens is 298 g/mol. The molecule has 2 aliphatic rings. The van der Waals surface area contributed by atoms with E-state index >= 15 is 0 Å². The Labute approximate surface area is 135 Å². The minimum absolute atomic E-state index is 0.0796. The van der Waals surface area contributed by atoms with Gasteiger partial charge in [0, 0.05) is 30.5 Å². The van der Waals surface area contributed by atoms with Crippen LogP contribution >= 0.6 is 11.3 Å². The quantitative estimate of drug-likeness (QED) is 0.800. The minimum Gasteiger partial charge on any atom is -0.376 e. The maximum absolute atomic E-state index is 12.4. The van der Waals surface area contributed by atoms with Crippen LogP contribution in [-0.2, 0) is 14.3 Å². The van der Waals surface area contributed by atoms with Crippen LogP contribution < -0.4 is 0 Å². The Balaban J connectivity index is 1.60. The van der Waals surface area contributed by atoms with Gasteiger partial charge >= 0.3 is 0 Å². The molecule has 2 aliphatic heterocycles. The molecule has 3 heterocycles. The molecule has 1 amide bonds. The molecule has 2 atom stereocenters. The lowest BCUT2D eigenvalue weighted by Crippen LogP contribution is -2.49. The molecule has 3 rings (SSSR count). The van der Waals surface area contributed by atoms with Crippen LogP contribution in [0.5, 0.6) is 0 Å². The second kappa shape index (κ2) is 6.94. The highest BCUT2D eigenvalue weighted by Gasteiger charge is 2.44. The summed E-state index contributed by atoms with van der Waals surface area (Å²) in [4.78, 5) is 15.4. The van der Waals surface area contributed by atoms with E-state index in [0.717, 1.165) is 37.3 Å². The van der Waals surface area contributed by atoms with Gasteiger partial charge in [-0.05, 0) is 37.3 Å². The van der Waals surface area contributed by atoms with Gasteiger partial charge in [-0.1, -0.05) is 6.07 Å². The first-order chi connectivity index (χ1) is 10.7. The summed E-state index contributed by atoms with van der Waals surface area (Å²) >= 11 is 1.64. The van der Waals surface area contributed by atoms with Crippen LogP contribution in [0.25, 0.3) is 6.08 Å². The highest BCUT2D eigenvalue weighted by atomic mass is 32.1. The summed E-state index contributed by atoms with van der Waals surface area (Å²) in [5, 5.41) is 2.01. The number of likely N-dealkylation sites (tertiary alicyclic amines) is 1. The van der Waals surface area contributed by atoms with Crippen LogP contribution in [-0.4, -0.2) is 48.8 Å². The topological polar surface area (TPSA) is 38.8 Å². The summed E-state index contributed by atoms with van der Waals surface area (Å²) in [6.45, 7) is 4.89. The number of ether oxygens (including phenoxy) is 2. The lowest BCUT2D eigenvalue weighted by atomic mass is 9.89. The molecule has 0 unspecified atom stereocenters. The molecule has 1 spiro atoms. The Kier molecular flexibility index (Phi) is 4.96. The molecule has 5 heteroatoms. The number of nitrogens with zero attached hydrogens (tertiary/aromatic N) is 1. The fourth-order valence-electron chi connectivity index (χ4n) is 3.36. The van der Waals surface area contributed by atoms with E-state index in [1.807, 2.05) is 35.4 Å². The molecule has 2 saturated heterocycles. The molecule has 22 heavy (non-hydrogen) atoms. The third-order valence-corrected chi connectivity index (χ3v) is 5.20. The van der Waals surface area contributed by atoms with Gasteiger partial charge in [0.25, 0.3) is 0 Å². The number of carbonyl (C=O) groups excluding carboxylic acids is 1. The van der Waals surface area contributed by atoms with Gasteiger partial charge in [0.2, 0.25) is 5.91 Å². The van der Waals surface area contributed by atoms with E-state index in [9.17, 15) is 4.79 Å². The molecule has 1 aromatic heterocycles. The van der Waals surface area contributed by atoms with Crippen molar-refractivity contribution in [3.8, 4) is 0 Å².